The molecule has 0 amide bonds. The van der Waals surface area contributed by atoms with Crippen LogP contribution < -0.4 is 5.73 Å². The van der Waals surface area contributed by atoms with E-state index in [1.807, 2.05) is 25.1 Å². The number of benzene rings is 1. The van der Waals surface area contributed by atoms with Crippen molar-refractivity contribution >= 4 is 17.4 Å². The van der Waals surface area contributed by atoms with Crippen molar-refractivity contribution in [2.75, 3.05) is 6.54 Å². The highest BCUT2D eigenvalue weighted by atomic mass is 35.5. The van der Waals surface area contributed by atoms with Gasteiger partial charge in [-0.2, -0.15) is 0 Å². The molecule has 2 nitrogen and oxygen atoms in total. The zero-order valence-electron chi connectivity index (χ0n) is 8.22. The van der Waals surface area contributed by atoms with Gasteiger partial charge in [-0.3, -0.25) is 4.79 Å². The predicted molar refractivity (Wildman–Crippen MR) is 58.6 cm³/mol. The molecule has 2 N–H and O–H groups in total. The summed E-state index contributed by atoms with van der Waals surface area (Å²) in [6.07, 6.45) is 0.900. The van der Waals surface area contributed by atoms with E-state index in [2.05, 4.69) is 0 Å². The van der Waals surface area contributed by atoms with Gasteiger partial charge in [0, 0.05) is 17.9 Å². The fraction of sp³-hybridized carbons (Fsp3) is 0.364. The Labute approximate surface area is 89.1 Å². The van der Waals surface area contributed by atoms with Crippen LogP contribution in [0.1, 0.15) is 17.5 Å². The summed E-state index contributed by atoms with van der Waals surface area (Å²) in [7, 11) is 0. The Kier molecular flexibility index (Phi) is 4.11. The van der Waals surface area contributed by atoms with Crippen molar-refractivity contribution in [3.8, 4) is 0 Å². The van der Waals surface area contributed by atoms with Gasteiger partial charge in [0.05, 0.1) is 0 Å². The molecule has 0 unspecified atom stereocenters. The molecule has 76 valence electrons. The SMILES string of the molecule is Cc1cc(CC(=O)CCN)ccc1Cl. The van der Waals surface area contributed by atoms with Crippen LogP contribution in [-0.2, 0) is 11.2 Å². The number of halogens is 1. The summed E-state index contributed by atoms with van der Waals surface area (Å²) < 4.78 is 0. The summed E-state index contributed by atoms with van der Waals surface area (Å²) in [6, 6.07) is 5.64. The lowest BCUT2D eigenvalue weighted by atomic mass is 10.1. The van der Waals surface area contributed by atoms with Gasteiger partial charge in [0.15, 0.2) is 0 Å². The van der Waals surface area contributed by atoms with Crippen LogP contribution in [0.5, 0.6) is 0 Å². The van der Waals surface area contributed by atoms with Crippen LogP contribution in [0.4, 0.5) is 0 Å². The maximum atomic E-state index is 11.3. The van der Waals surface area contributed by atoms with Gasteiger partial charge < -0.3 is 5.73 Å². The van der Waals surface area contributed by atoms with E-state index < -0.39 is 0 Å². The molecule has 1 aromatic rings. The zero-order valence-corrected chi connectivity index (χ0v) is 8.97. The normalized spacial score (nSPS) is 10.2. The first-order valence-electron chi connectivity index (χ1n) is 4.60. The molecule has 0 aliphatic rings. The van der Waals surface area contributed by atoms with Gasteiger partial charge in [-0.1, -0.05) is 23.7 Å². The third-order valence-electron chi connectivity index (χ3n) is 2.05. The molecule has 1 aromatic carbocycles. The average molecular weight is 212 g/mol. The van der Waals surface area contributed by atoms with Gasteiger partial charge >= 0.3 is 0 Å². The Morgan fingerprint density at radius 3 is 2.79 bits per heavy atom. The first-order chi connectivity index (χ1) is 6.63. The number of ketones is 1. The Balaban J connectivity index is 2.68. The Morgan fingerprint density at radius 2 is 2.21 bits per heavy atom. The fourth-order valence-corrected chi connectivity index (χ4v) is 1.41. The minimum atomic E-state index is 0.175. The number of aryl methyl sites for hydroxylation is 1. The van der Waals surface area contributed by atoms with Crippen LogP contribution in [0.2, 0.25) is 5.02 Å². The van der Waals surface area contributed by atoms with Crippen LogP contribution in [0.15, 0.2) is 18.2 Å². The van der Waals surface area contributed by atoms with Gasteiger partial charge in [0.1, 0.15) is 5.78 Å². The summed E-state index contributed by atoms with van der Waals surface area (Å²) in [4.78, 5) is 11.3. The summed E-state index contributed by atoms with van der Waals surface area (Å²) in [5.41, 5.74) is 7.30. The summed E-state index contributed by atoms with van der Waals surface area (Å²) in [6.45, 7) is 2.35. The van der Waals surface area contributed by atoms with Crippen molar-refractivity contribution in [2.24, 2.45) is 5.73 Å². The Morgan fingerprint density at radius 1 is 1.50 bits per heavy atom. The second-order valence-electron chi connectivity index (χ2n) is 3.34. The van der Waals surface area contributed by atoms with Gasteiger partial charge in [0.2, 0.25) is 0 Å². The van der Waals surface area contributed by atoms with E-state index in [4.69, 9.17) is 17.3 Å². The molecule has 0 saturated heterocycles. The first-order valence-corrected chi connectivity index (χ1v) is 4.98. The molecule has 0 heterocycles. The van der Waals surface area contributed by atoms with Gasteiger partial charge in [0.25, 0.3) is 0 Å². The highest BCUT2D eigenvalue weighted by molar-refractivity contribution is 6.31. The van der Waals surface area contributed by atoms with E-state index in [1.165, 1.54) is 0 Å². The lowest BCUT2D eigenvalue weighted by molar-refractivity contribution is -0.118. The van der Waals surface area contributed by atoms with Gasteiger partial charge in [-0.25, -0.2) is 0 Å². The summed E-state index contributed by atoms with van der Waals surface area (Å²) >= 11 is 5.87. The highest BCUT2D eigenvalue weighted by Crippen LogP contribution is 2.16. The molecule has 0 saturated carbocycles. The summed E-state index contributed by atoms with van der Waals surface area (Å²) in [5, 5.41) is 0.736. The van der Waals surface area contributed by atoms with E-state index in [1.54, 1.807) is 0 Å². The minimum Gasteiger partial charge on any atom is -0.330 e. The van der Waals surface area contributed by atoms with E-state index in [0.29, 0.717) is 19.4 Å². The van der Waals surface area contributed by atoms with Gasteiger partial charge in [-0.05, 0) is 30.7 Å². The number of hydrogen-bond donors (Lipinski definition) is 1. The summed E-state index contributed by atoms with van der Waals surface area (Å²) in [5.74, 6) is 0.175. The lowest BCUT2D eigenvalue weighted by Crippen LogP contribution is -2.10. The number of hydrogen-bond acceptors (Lipinski definition) is 2. The van der Waals surface area contributed by atoms with Gasteiger partial charge in [-0.15, -0.1) is 0 Å². The average Bonchev–Trinajstić information content (AvgIpc) is 2.12. The molecular weight excluding hydrogens is 198 g/mol. The van der Waals surface area contributed by atoms with E-state index in [0.717, 1.165) is 16.1 Å². The standard InChI is InChI=1S/C11H14ClNO/c1-8-6-9(2-3-11(8)12)7-10(14)4-5-13/h2-3,6H,4-5,7,13H2,1H3. The Hall–Kier alpha value is -0.860. The first kappa shape index (κ1) is 11.2. The number of carbonyl (C=O) groups excluding carboxylic acids is 1. The molecule has 0 bridgehead atoms. The molecule has 1 rings (SSSR count). The number of carbonyl (C=O) groups is 1. The smallest absolute Gasteiger partial charge is 0.138 e. The Bertz CT molecular complexity index is 336. The third kappa shape index (κ3) is 3.13. The number of Topliss-reactive ketones (excluding diaryl/α,β-unsaturated/α-hetero) is 1. The van der Waals surface area contributed by atoms with Crippen molar-refractivity contribution < 1.29 is 4.79 Å². The van der Waals surface area contributed by atoms with Crippen LogP contribution >= 0.6 is 11.6 Å². The topological polar surface area (TPSA) is 43.1 Å². The molecule has 0 spiro atoms. The lowest BCUT2D eigenvalue weighted by Gasteiger charge is -2.03. The zero-order chi connectivity index (χ0) is 10.6. The predicted octanol–water partition coefficient (Wildman–Crippen LogP) is 2.11. The van der Waals surface area contributed by atoms with E-state index in [-0.39, 0.29) is 5.78 Å². The second-order valence-corrected chi connectivity index (χ2v) is 3.74. The van der Waals surface area contributed by atoms with Crippen LogP contribution in [0, 0.1) is 6.92 Å². The largest absolute Gasteiger partial charge is 0.330 e. The van der Waals surface area contributed by atoms with Crippen LogP contribution in [0.3, 0.4) is 0 Å². The van der Waals surface area contributed by atoms with E-state index in [9.17, 15) is 4.79 Å². The van der Waals surface area contributed by atoms with Crippen LogP contribution in [-0.4, -0.2) is 12.3 Å². The number of nitrogens with two attached hydrogens (primary N) is 1. The molecule has 0 aromatic heterocycles. The minimum absolute atomic E-state index is 0.175. The molecule has 14 heavy (non-hydrogen) atoms. The molecule has 0 radical (unpaired) electrons. The molecule has 0 fully saturated rings. The molecule has 0 aliphatic carbocycles. The fourth-order valence-electron chi connectivity index (χ4n) is 1.29. The van der Waals surface area contributed by atoms with Crippen molar-refractivity contribution in [1.82, 2.24) is 0 Å². The maximum absolute atomic E-state index is 11.3. The molecule has 0 atom stereocenters. The van der Waals surface area contributed by atoms with Crippen LogP contribution in [0.25, 0.3) is 0 Å². The number of rotatable bonds is 4. The van der Waals surface area contributed by atoms with Crippen molar-refractivity contribution in [2.45, 2.75) is 19.8 Å². The second kappa shape index (κ2) is 5.13. The monoisotopic (exact) mass is 211 g/mol. The van der Waals surface area contributed by atoms with Crippen molar-refractivity contribution in [1.29, 1.82) is 0 Å². The van der Waals surface area contributed by atoms with E-state index >= 15 is 0 Å². The quantitative estimate of drug-likeness (QED) is 0.829. The molecular formula is C11H14ClNO. The van der Waals surface area contributed by atoms with Crippen molar-refractivity contribution in [3.63, 3.8) is 0 Å². The third-order valence-corrected chi connectivity index (χ3v) is 2.47. The molecule has 3 heteroatoms. The highest BCUT2D eigenvalue weighted by Gasteiger charge is 2.03. The molecule has 0 aliphatic heterocycles. The van der Waals surface area contributed by atoms with Crippen molar-refractivity contribution in [3.05, 3.63) is 34.3 Å². The maximum Gasteiger partial charge on any atom is 0.138 e.